The van der Waals surface area contributed by atoms with Crippen LogP contribution in [0.4, 0.5) is 0 Å². The minimum absolute atomic E-state index is 0.380. The van der Waals surface area contributed by atoms with Gasteiger partial charge >= 0.3 is 11.7 Å². The van der Waals surface area contributed by atoms with Crippen molar-refractivity contribution in [2.24, 2.45) is 0 Å². The summed E-state index contributed by atoms with van der Waals surface area (Å²) < 4.78 is 1.46. The Morgan fingerprint density at radius 3 is 2.68 bits per heavy atom. The lowest BCUT2D eigenvalue weighted by Crippen LogP contribution is -2.27. The minimum Gasteiger partial charge on any atom is -0.481 e. The molecule has 19 heavy (non-hydrogen) atoms. The number of nitrogens with zero attached hydrogens (tertiary/aromatic N) is 2. The molecule has 2 aromatic heterocycles. The van der Waals surface area contributed by atoms with Crippen molar-refractivity contribution >= 4 is 17.3 Å². The molecule has 1 atom stereocenters. The molecule has 0 spiro atoms. The maximum atomic E-state index is 12.0. The number of aliphatic carboxylic acids is 1. The highest BCUT2D eigenvalue weighted by atomic mass is 32.1. The zero-order chi connectivity index (χ0) is 14.2. The molecule has 0 amide bonds. The molecule has 0 fully saturated rings. The predicted octanol–water partition coefficient (Wildman–Crippen LogP) is 2.10. The normalized spacial score (nSPS) is 12.4. The molecular formula is C13H14N2O3S. The topological polar surface area (TPSA) is 72.2 Å². The van der Waals surface area contributed by atoms with Crippen LogP contribution in [0.25, 0.3) is 5.69 Å². The van der Waals surface area contributed by atoms with Crippen LogP contribution in [0.1, 0.15) is 29.8 Å². The van der Waals surface area contributed by atoms with Gasteiger partial charge in [0.15, 0.2) is 0 Å². The number of aromatic nitrogens is 2. The van der Waals surface area contributed by atoms with Crippen LogP contribution in [0.3, 0.4) is 0 Å². The highest BCUT2D eigenvalue weighted by molar-refractivity contribution is 7.08. The van der Waals surface area contributed by atoms with Gasteiger partial charge in [-0.15, -0.1) is 0 Å². The van der Waals surface area contributed by atoms with Crippen molar-refractivity contribution in [2.75, 3.05) is 0 Å². The number of carboxylic acid groups (broad SMARTS) is 1. The van der Waals surface area contributed by atoms with Gasteiger partial charge < -0.3 is 5.11 Å². The first-order chi connectivity index (χ1) is 8.93. The fourth-order valence-corrected chi connectivity index (χ4v) is 2.84. The molecule has 0 aliphatic carbocycles. The number of carboxylic acids is 1. The quantitative estimate of drug-likeness (QED) is 0.933. The minimum atomic E-state index is -0.927. The van der Waals surface area contributed by atoms with Gasteiger partial charge in [-0.3, -0.25) is 9.36 Å². The van der Waals surface area contributed by atoms with Crippen LogP contribution in [-0.2, 0) is 4.79 Å². The van der Waals surface area contributed by atoms with Crippen molar-refractivity contribution in [3.63, 3.8) is 0 Å². The smallest absolute Gasteiger partial charge is 0.352 e. The van der Waals surface area contributed by atoms with E-state index in [0.29, 0.717) is 17.0 Å². The molecule has 5 nitrogen and oxygen atoms in total. The molecule has 1 unspecified atom stereocenters. The fraction of sp³-hybridized carbons (Fsp3) is 0.308. The summed E-state index contributed by atoms with van der Waals surface area (Å²) in [7, 11) is 0. The highest BCUT2D eigenvalue weighted by Gasteiger charge is 2.22. The molecule has 0 aliphatic heterocycles. The van der Waals surface area contributed by atoms with Crippen LogP contribution >= 0.6 is 11.3 Å². The lowest BCUT2D eigenvalue weighted by atomic mass is 9.98. The molecule has 0 saturated heterocycles. The first-order valence-corrected chi connectivity index (χ1v) is 6.73. The van der Waals surface area contributed by atoms with E-state index in [0.717, 1.165) is 5.69 Å². The summed E-state index contributed by atoms with van der Waals surface area (Å²) in [6.45, 7) is 5.02. The van der Waals surface area contributed by atoms with Crippen molar-refractivity contribution < 1.29 is 9.90 Å². The van der Waals surface area contributed by atoms with E-state index in [4.69, 9.17) is 5.11 Å². The van der Waals surface area contributed by atoms with Crippen molar-refractivity contribution in [1.82, 2.24) is 9.55 Å². The van der Waals surface area contributed by atoms with E-state index in [9.17, 15) is 9.59 Å². The molecule has 6 heteroatoms. The Bertz CT molecular complexity index is 674. The van der Waals surface area contributed by atoms with Crippen molar-refractivity contribution in [3.8, 4) is 5.69 Å². The van der Waals surface area contributed by atoms with Crippen molar-refractivity contribution in [3.05, 3.63) is 44.3 Å². The second kappa shape index (κ2) is 4.97. The Balaban J connectivity index is 2.74. The van der Waals surface area contributed by atoms with Crippen LogP contribution in [0.5, 0.6) is 0 Å². The number of aryl methyl sites for hydroxylation is 1. The van der Waals surface area contributed by atoms with Crippen molar-refractivity contribution in [2.45, 2.75) is 26.7 Å². The summed E-state index contributed by atoms with van der Waals surface area (Å²) in [5.41, 5.74) is 2.04. The number of thiophene rings is 1. The van der Waals surface area contributed by atoms with E-state index < -0.39 is 11.9 Å². The van der Waals surface area contributed by atoms with Gasteiger partial charge in [0.05, 0.1) is 11.6 Å². The number of rotatable bonds is 3. The molecule has 0 saturated carbocycles. The molecule has 2 aromatic rings. The average Bonchev–Trinajstić information content (AvgIpc) is 2.81. The summed E-state index contributed by atoms with van der Waals surface area (Å²) in [4.78, 5) is 27.1. The Morgan fingerprint density at radius 1 is 1.47 bits per heavy atom. The molecule has 2 rings (SSSR count). The lowest BCUT2D eigenvalue weighted by Gasteiger charge is -2.17. The second-order valence-electron chi connectivity index (χ2n) is 4.36. The largest absolute Gasteiger partial charge is 0.481 e. The first-order valence-electron chi connectivity index (χ1n) is 5.79. The molecule has 0 aliphatic rings. The Labute approximate surface area is 114 Å². The van der Waals surface area contributed by atoms with E-state index in [1.54, 1.807) is 20.8 Å². The average molecular weight is 278 g/mol. The summed E-state index contributed by atoms with van der Waals surface area (Å²) >= 11 is 1.47. The lowest BCUT2D eigenvalue weighted by molar-refractivity contribution is -0.138. The summed E-state index contributed by atoms with van der Waals surface area (Å²) in [5, 5.41) is 12.9. The van der Waals surface area contributed by atoms with Gasteiger partial charge in [-0.25, -0.2) is 4.79 Å². The fourth-order valence-electron chi connectivity index (χ4n) is 2.22. The third-order valence-electron chi connectivity index (χ3n) is 3.14. The Kier molecular flexibility index (Phi) is 3.53. The zero-order valence-electron chi connectivity index (χ0n) is 10.9. The molecular weight excluding hydrogens is 264 g/mol. The third kappa shape index (κ3) is 2.31. The maximum absolute atomic E-state index is 12.0. The number of hydrogen-bond donors (Lipinski definition) is 1. The molecule has 0 radical (unpaired) electrons. The van der Waals surface area contributed by atoms with Gasteiger partial charge in [0.1, 0.15) is 0 Å². The van der Waals surface area contributed by atoms with Crippen LogP contribution in [0.2, 0.25) is 0 Å². The van der Waals surface area contributed by atoms with E-state index in [1.165, 1.54) is 15.9 Å². The van der Waals surface area contributed by atoms with Crippen LogP contribution in [-0.4, -0.2) is 20.6 Å². The van der Waals surface area contributed by atoms with Gasteiger partial charge in [0.2, 0.25) is 0 Å². The molecule has 100 valence electrons. The van der Waals surface area contributed by atoms with E-state index in [1.807, 2.05) is 16.8 Å². The first kappa shape index (κ1) is 13.5. The van der Waals surface area contributed by atoms with Crippen LogP contribution in [0.15, 0.2) is 21.6 Å². The molecule has 1 N–H and O–H groups in total. The standard InChI is InChI=1S/C13H14N2O3S/c1-7(12(16)17)11-8(2)14-13(18)15(9(11)3)10-4-5-19-6-10/h4-7H,1-3H3,(H,16,17). The second-order valence-corrected chi connectivity index (χ2v) is 5.14. The van der Waals surface area contributed by atoms with E-state index in [2.05, 4.69) is 4.98 Å². The molecule has 2 heterocycles. The third-order valence-corrected chi connectivity index (χ3v) is 3.81. The summed E-state index contributed by atoms with van der Waals surface area (Å²) in [6, 6.07) is 1.81. The Morgan fingerprint density at radius 2 is 2.16 bits per heavy atom. The van der Waals surface area contributed by atoms with Gasteiger partial charge in [0, 0.05) is 22.3 Å². The number of carbonyl (C=O) groups is 1. The number of hydrogen-bond acceptors (Lipinski definition) is 4. The zero-order valence-corrected chi connectivity index (χ0v) is 11.7. The predicted molar refractivity (Wildman–Crippen MR) is 73.2 cm³/mol. The van der Waals surface area contributed by atoms with Crippen molar-refractivity contribution in [1.29, 1.82) is 0 Å². The SMILES string of the molecule is Cc1nc(=O)n(-c2ccsc2)c(C)c1C(C)C(=O)O. The summed E-state index contributed by atoms with van der Waals surface area (Å²) in [5.74, 6) is -1.62. The molecule has 0 bridgehead atoms. The highest BCUT2D eigenvalue weighted by Crippen LogP contribution is 2.23. The van der Waals surface area contributed by atoms with Crippen LogP contribution < -0.4 is 5.69 Å². The molecule has 0 aromatic carbocycles. The Hall–Kier alpha value is -1.95. The summed E-state index contributed by atoms with van der Waals surface area (Å²) in [6.07, 6.45) is 0. The van der Waals surface area contributed by atoms with E-state index in [-0.39, 0.29) is 5.69 Å². The van der Waals surface area contributed by atoms with E-state index >= 15 is 0 Å². The van der Waals surface area contributed by atoms with Gasteiger partial charge in [0.25, 0.3) is 0 Å². The maximum Gasteiger partial charge on any atom is 0.352 e. The van der Waals surface area contributed by atoms with Gasteiger partial charge in [-0.1, -0.05) is 0 Å². The van der Waals surface area contributed by atoms with Crippen LogP contribution in [0, 0.1) is 13.8 Å². The monoisotopic (exact) mass is 278 g/mol. The van der Waals surface area contributed by atoms with Gasteiger partial charge in [-0.05, 0) is 32.2 Å². The van der Waals surface area contributed by atoms with Gasteiger partial charge in [-0.2, -0.15) is 16.3 Å².